The molecule has 0 aromatic heterocycles. The van der Waals surface area contributed by atoms with E-state index in [1.165, 1.54) is 12.1 Å². The molecule has 5 heteroatoms. The second-order valence-corrected chi connectivity index (χ2v) is 5.10. The molecule has 0 fully saturated rings. The van der Waals surface area contributed by atoms with E-state index >= 15 is 0 Å². The van der Waals surface area contributed by atoms with E-state index < -0.39 is 11.8 Å². The molecule has 98 valence electrons. The first-order valence-electron chi connectivity index (χ1n) is 5.46. The Morgan fingerprint density at radius 1 is 1.26 bits per heavy atom. The Bertz CT molecular complexity index is 613. The Labute approximate surface area is 123 Å². The first-order valence-corrected chi connectivity index (χ1v) is 6.54. The molecule has 0 radical (unpaired) electrons. The van der Waals surface area contributed by atoms with Crippen LogP contribution in [-0.4, -0.2) is 11.1 Å². The van der Waals surface area contributed by atoms with Crippen LogP contribution in [0.3, 0.4) is 0 Å². The van der Waals surface area contributed by atoms with Crippen molar-refractivity contribution < 1.29 is 19.0 Å². The Morgan fingerprint density at radius 3 is 2.74 bits per heavy atom. The van der Waals surface area contributed by atoms with Gasteiger partial charge in [0.15, 0.2) is 0 Å². The van der Waals surface area contributed by atoms with E-state index in [0.717, 1.165) is 9.64 Å². The SMILES string of the molecule is O=C(O)c1ccc(F)c(COc2cccc(I)c2)c1. The van der Waals surface area contributed by atoms with Crippen molar-refractivity contribution in [3.05, 3.63) is 63.0 Å². The standard InChI is InChI=1S/C14H10FIO3/c15-13-5-4-9(14(17)18)6-10(13)8-19-12-3-1-2-11(16)7-12/h1-7H,8H2,(H,17,18). The molecule has 0 aliphatic rings. The summed E-state index contributed by atoms with van der Waals surface area (Å²) in [4.78, 5) is 10.8. The number of ether oxygens (including phenoxy) is 1. The third kappa shape index (κ3) is 3.66. The Balaban J connectivity index is 2.15. The quantitative estimate of drug-likeness (QED) is 0.833. The third-order valence-electron chi connectivity index (χ3n) is 2.48. The molecule has 3 nitrogen and oxygen atoms in total. The minimum atomic E-state index is -1.09. The summed E-state index contributed by atoms with van der Waals surface area (Å²) in [6.45, 7) is -0.00690. The number of hydrogen-bond donors (Lipinski definition) is 1. The minimum absolute atomic E-state index is 0.00690. The van der Waals surface area contributed by atoms with Gasteiger partial charge in [0.1, 0.15) is 18.2 Å². The van der Waals surface area contributed by atoms with Gasteiger partial charge in [0.25, 0.3) is 0 Å². The van der Waals surface area contributed by atoms with Gasteiger partial charge in [0.2, 0.25) is 0 Å². The first-order chi connectivity index (χ1) is 9.06. The smallest absolute Gasteiger partial charge is 0.335 e. The molecule has 19 heavy (non-hydrogen) atoms. The Kier molecular flexibility index (Phi) is 4.36. The van der Waals surface area contributed by atoms with Crippen molar-refractivity contribution in [1.29, 1.82) is 0 Å². The van der Waals surface area contributed by atoms with Gasteiger partial charge in [-0.3, -0.25) is 0 Å². The number of carboxylic acid groups (broad SMARTS) is 1. The molecule has 0 aliphatic carbocycles. The molecule has 0 bridgehead atoms. The van der Waals surface area contributed by atoms with Crippen molar-refractivity contribution in [3.8, 4) is 5.75 Å². The molecule has 0 spiro atoms. The second kappa shape index (κ2) is 6.01. The number of carboxylic acids is 1. The summed E-state index contributed by atoms with van der Waals surface area (Å²) in [6, 6.07) is 11.0. The highest BCUT2D eigenvalue weighted by Gasteiger charge is 2.09. The fourth-order valence-electron chi connectivity index (χ4n) is 1.54. The zero-order chi connectivity index (χ0) is 13.8. The number of aromatic carboxylic acids is 1. The van der Waals surface area contributed by atoms with Gasteiger partial charge < -0.3 is 9.84 Å². The van der Waals surface area contributed by atoms with Gasteiger partial charge >= 0.3 is 5.97 Å². The molecular weight excluding hydrogens is 362 g/mol. The van der Waals surface area contributed by atoms with Gasteiger partial charge in [-0.2, -0.15) is 0 Å². The van der Waals surface area contributed by atoms with Gasteiger partial charge in [-0.25, -0.2) is 9.18 Å². The van der Waals surface area contributed by atoms with Crippen molar-refractivity contribution >= 4 is 28.6 Å². The molecule has 0 amide bonds. The van der Waals surface area contributed by atoms with Crippen molar-refractivity contribution in [1.82, 2.24) is 0 Å². The van der Waals surface area contributed by atoms with Crippen molar-refractivity contribution in [2.75, 3.05) is 0 Å². The van der Waals surface area contributed by atoms with Crippen LogP contribution in [0.25, 0.3) is 0 Å². The summed E-state index contributed by atoms with van der Waals surface area (Å²) in [5, 5.41) is 8.86. The van der Waals surface area contributed by atoms with Crippen LogP contribution < -0.4 is 4.74 Å². The highest BCUT2D eigenvalue weighted by atomic mass is 127. The highest BCUT2D eigenvalue weighted by Crippen LogP contribution is 2.18. The zero-order valence-corrected chi connectivity index (χ0v) is 11.9. The molecule has 1 N–H and O–H groups in total. The highest BCUT2D eigenvalue weighted by molar-refractivity contribution is 14.1. The van der Waals surface area contributed by atoms with Crippen LogP contribution in [0.2, 0.25) is 0 Å². The van der Waals surface area contributed by atoms with Crippen molar-refractivity contribution in [2.45, 2.75) is 6.61 Å². The maximum atomic E-state index is 13.5. The molecular formula is C14H10FIO3. The maximum absolute atomic E-state index is 13.5. The molecule has 2 aromatic rings. The zero-order valence-electron chi connectivity index (χ0n) is 9.77. The number of hydrogen-bond acceptors (Lipinski definition) is 2. The van der Waals surface area contributed by atoms with Crippen LogP contribution in [0.1, 0.15) is 15.9 Å². The average Bonchev–Trinajstić information content (AvgIpc) is 2.37. The van der Waals surface area contributed by atoms with Crippen LogP contribution in [0.4, 0.5) is 4.39 Å². The number of rotatable bonds is 4. The Hall–Kier alpha value is -1.63. The first kappa shape index (κ1) is 13.8. The van der Waals surface area contributed by atoms with Crippen LogP contribution in [0, 0.1) is 9.39 Å². The number of benzene rings is 2. The predicted octanol–water partition coefficient (Wildman–Crippen LogP) is 3.71. The topological polar surface area (TPSA) is 46.5 Å². The van der Waals surface area contributed by atoms with E-state index in [0.29, 0.717) is 5.75 Å². The molecule has 0 aliphatic heterocycles. The van der Waals surface area contributed by atoms with Crippen molar-refractivity contribution in [2.24, 2.45) is 0 Å². The average molecular weight is 372 g/mol. The van der Waals surface area contributed by atoms with Crippen LogP contribution >= 0.6 is 22.6 Å². The summed E-state index contributed by atoms with van der Waals surface area (Å²) in [6.07, 6.45) is 0. The third-order valence-corrected chi connectivity index (χ3v) is 3.15. The lowest BCUT2D eigenvalue weighted by Gasteiger charge is -2.08. The molecule has 0 unspecified atom stereocenters. The number of carbonyl (C=O) groups is 1. The molecule has 2 aromatic carbocycles. The van der Waals surface area contributed by atoms with Crippen LogP contribution in [0.15, 0.2) is 42.5 Å². The fraction of sp³-hybridized carbons (Fsp3) is 0.0714. The largest absolute Gasteiger partial charge is 0.489 e. The fourth-order valence-corrected chi connectivity index (χ4v) is 2.05. The number of halogens is 2. The van der Waals surface area contributed by atoms with E-state index in [2.05, 4.69) is 22.6 Å². The van der Waals surface area contributed by atoms with Crippen molar-refractivity contribution in [3.63, 3.8) is 0 Å². The van der Waals surface area contributed by atoms with E-state index in [1.807, 2.05) is 18.2 Å². The summed E-state index contributed by atoms with van der Waals surface area (Å²) in [7, 11) is 0. The molecule has 0 saturated carbocycles. The second-order valence-electron chi connectivity index (χ2n) is 3.86. The lowest BCUT2D eigenvalue weighted by atomic mass is 10.1. The van der Waals surface area contributed by atoms with Gasteiger partial charge in [0.05, 0.1) is 5.56 Å². The molecule has 0 heterocycles. The van der Waals surface area contributed by atoms with Gasteiger partial charge in [0, 0.05) is 9.13 Å². The maximum Gasteiger partial charge on any atom is 0.335 e. The van der Waals surface area contributed by atoms with E-state index in [-0.39, 0.29) is 17.7 Å². The molecule has 0 saturated heterocycles. The van der Waals surface area contributed by atoms with Gasteiger partial charge in [-0.1, -0.05) is 6.07 Å². The lowest BCUT2D eigenvalue weighted by Crippen LogP contribution is -2.03. The van der Waals surface area contributed by atoms with Crippen LogP contribution in [-0.2, 0) is 6.61 Å². The summed E-state index contributed by atoms with van der Waals surface area (Å²) in [5.74, 6) is -0.946. The summed E-state index contributed by atoms with van der Waals surface area (Å²) < 4.78 is 20.0. The lowest BCUT2D eigenvalue weighted by molar-refractivity contribution is 0.0696. The van der Waals surface area contributed by atoms with E-state index in [9.17, 15) is 9.18 Å². The summed E-state index contributed by atoms with van der Waals surface area (Å²) >= 11 is 2.15. The van der Waals surface area contributed by atoms with Gasteiger partial charge in [-0.15, -0.1) is 0 Å². The van der Waals surface area contributed by atoms with E-state index in [4.69, 9.17) is 9.84 Å². The monoisotopic (exact) mass is 372 g/mol. The molecule has 0 atom stereocenters. The Morgan fingerprint density at radius 2 is 2.05 bits per heavy atom. The minimum Gasteiger partial charge on any atom is -0.489 e. The summed E-state index contributed by atoms with van der Waals surface area (Å²) in [5.41, 5.74) is 0.265. The van der Waals surface area contributed by atoms with E-state index in [1.54, 1.807) is 6.07 Å². The van der Waals surface area contributed by atoms with Crippen LogP contribution in [0.5, 0.6) is 5.75 Å². The van der Waals surface area contributed by atoms with Gasteiger partial charge in [-0.05, 0) is 59.0 Å². The normalized spacial score (nSPS) is 10.2. The predicted molar refractivity (Wildman–Crippen MR) is 76.9 cm³/mol. The molecule has 2 rings (SSSR count).